The molecule has 2 aromatic heterocycles. The minimum absolute atomic E-state index is 0.296. The first-order chi connectivity index (χ1) is 12.5. The van der Waals surface area contributed by atoms with Crippen molar-refractivity contribution in [3.8, 4) is 0 Å². The van der Waals surface area contributed by atoms with Crippen LogP contribution in [-0.4, -0.2) is 37.9 Å². The molecule has 0 fully saturated rings. The van der Waals surface area contributed by atoms with Crippen LogP contribution in [0, 0.1) is 6.92 Å². The van der Waals surface area contributed by atoms with Gasteiger partial charge in [0.15, 0.2) is 0 Å². The third kappa shape index (κ3) is 3.40. The second-order valence-electron chi connectivity index (χ2n) is 6.57. The summed E-state index contributed by atoms with van der Waals surface area (Å²) in [7, 11) is -3.57. The fourth-order valence-corrected chi connectivity index (χ4v) is 5.54. The van der Waals surface area contributed by atoms with Gasteiger partial charge in [0, 0.05) is 42.6 Å². The van der Waals surface area contributed by atoms with Gasteiger partial charge in [-0.05, 0) is 54.1 Å². The van der Waals surface area contributed by atoms with E-state index in [1.165, 1.54) is 10.4 Å². The van der Waals surface area contributed by atoms with Gasteiger partial charge in [0.1, 0.15) is 0 Å². The van der Waals surface area contributed by atoms with E-state index in [9.17, 15) is 8.42 Å². The lowest BCUT2D eigenvalue weighted by Gasteiger charge is -2.26. The summed E-state index contributed by atoms with van der Waals surface area (Å²) in [6.45, 7) is 4.92. The lowest BCUT2D eigenvalue weighted by molar-refractivity contribution is 0.260. The standard InChI is InChI=1S/C19H21N3O2S2/c1-14-4-5-18(16-3-2-8-20-19(14)16)26(23,24)21-9-11-22-10-6-17-15(13-22)7-12-25-17/h2-5,7-8,12,21H,6,9-11,13H2,1H3. The quantitative estimate of drug-likeness (QED) is 0.731. The topological polar surface area (TPSA) is 62.3 Å². The number of nitrogens with one attached hydrogen (secondary N) is 1. The molecule has 3 aromatic rings. The molecule has 26 heavy (non-hydrogen) atoms. The zero-order chi connectivity index (χ0) is 18.1. The van der Waals surface area contributed by atoms with Crippen LogP contribution >= 0.6 is 11.3 Å². The van der Waals surface area contributed by atoms with Crippen molar-refractivity contribution >= 4 is 32.3 Å². The summed E-state index contributed by atoms with van der Waals surface area (Å²) < 4.78 is 28.4. The summed E-state index contributed by atoms with van der Waals surface area (Å²) in [4.78, 5) is 8.38. The van der Waals surface area contributed by atoms with Gasteiger partial charge >= 0.3 is 0 Å². The maximum Gasteiger partial charge on any atom is 0.241 e. The maximum atomic E-state index is 12.8. The summed E-state index contributed by atoms with van der Waals surface area (Å²) in [6, 6.07) is 9.23. The molecule has 5 nitrogen and oxygen atoms in total. The molecule has 136 valence electrons. The van der Waals surface area contributed by atoms with Gasteiger partial charge in [-0.25, -0.2) is 13.1 Å². The van der Waals surface area contributed by atoms with E-state index in [4.69, 9.17) is 0 Å². The van der Waals surface area contributed by atoms with Crippen LogP contribution in [0.3, 0.4) is 0 Å². The van der Waals surface area contributed by atoms with Crippen LogP contribution in [0.25, 0.3) is 10.9 Å². The Hall–Kier alpha value is -1.80. The first-order valence-corrected chi connectivity index (χ1v) is 11.0. The van der Waals surface area contributed by atoms with Crippen molar-refractivity contribution < 1.29 is 8.42 Å². The largest absolute Gasteiger partial charge is 0.297 e. The monoisotopic (exact) mass is 387 g/mol. The molecule has 0 unspecified atom stereocenters. The number of aryl methyl sites for hydroxylation is 1. The predicted octanol–water partition coefficient (Wildman–Crippen LogP) is 2.94. The first-order valence-electron chi connectivity index (χ1n) is 8.66. The van der Waals surface area contributed by atoms with Crippen LogP contribution in [0.15, 0.2) is 46.8 Å². The number of hydrogen-bond acceptors (Lipinski definition) is 5. The van der Waals surface area contributed by atoms with Gasteiger partial charge in [-0.3, -0.25) is 9.88 Å². The number of benzene rings is 1. The third-order valence-corrected chi connectivity index (χ3v) is 7.37. The number of hydrogen-bond donors (Lipinski definition) is 1. The zero-order valence-electron chi connectivity index (χ0n) is 14.6. The van der Waals surface area contributed by atoms with Gasteiger partial charge in [-0.15, -0.1) is 11.3 Å². The molecule has 0 saturated carbocycles. The van der Waals surface area contributed by atoms with Crippen LogP contribution in [0.2, 0.25) is 0 Å². The third-order valence-electron chi connectivity index (χ3n) is 4.83. The van der Waals surface area contributed by atoms with Gasteiger partial charge in [0.05, 0.1) is 10.4 Å². The highest BCUT2D eigenvalue weighted by atomic mass is 32.2. The van der Waals surface area contributed by atoms with Gasteiger partial charge in [0.25, 0.3) is 0 Å². The van der Waals surface area contributed by atoms with Crippen molar-refractivity contribution in [2.75, 3.05) is 19.6 Å². The van der Waals surface area contributed by atoms with Gasteiger partial charge in [0.2, 0.25) is 10.0 Å². The second kappa shape index (κ2) is 7.08. The fourth-order valence-electron chi connectivity index (χ4n) is 3.44. The van der Waals surface area contributed by atoms with Crippen molar-refractivity contribution in [2.24, 2.45) is 0 Å². The highest BCUT2D eigenvalue weighted by Gasteiger charge is 2.20. The molecular weight excluding hydrogens is 366 g/mol. The summed E-state index contributed by atoms with van der Waals surface area (Å²) in [5.74, 6) is 0. The Kier molecular flexibility index (Phi) is 4.79. The molecule has 1 aliphatic rings. The van der Waals surface area contributed by atoms with Crippen molar-refractivity contribution in [3.05, 3.63) is 57.9 Å². The highest BCUT2D eigenvalue weighted by Crippen LogP contribution is 2.25. The van der Waals surface area contributed by atoms with E-state index in [1.807, 2.05) is 30.4 Å². The van der Waals surface area contributed by atoms with Crippen molar-refractivity contribution in [2.45, 2.75) is 24.8 Å². The molecule has 0 bridgehead atoms. The van der Waals surface area contributed by atoms with Crippen molar-refractivity contribution in [3.63, 3.8) is 0 Å². The van der Waals surface area contributed by atoms with E-state index in [1.54, 1.807) is 18.3 Å². The Morgan fingerprint density at radius 3 is 3.04 bits per heavy atom. The predicted molar refractivity (Wildman–Crippen MR) is 105 cm³/mol. The number of rotatable bonds is 5. The Morgan fingerprint density at radius 1 is 1.27 bits per heavy atom. The molecule has 4 rings (SSSR count). The average molecular weight is 388 g/mol. The minimum atomic E-state index is -3.57. The molecule has 0 saturated heterocycles. The number of nitrogens with zero attached hydrogens (tertiary/aromatic N) is 2. The first kappa shape index (κ1) is 17.6. The molecule has 0 aliphatic carbocycles. The van der Waals surface area contributed by atoms with Crippen molar-refractivity contribution in [1.29, 1.82) is 0 Å². The minimum Gasteiger partial charge on any atom is -0.297 e. The van der Waals surface area contributed by atoms with Crippen LogP contribution in [0.1, 0.15) is 16.0 Å². The Bertz CT molecular complexity index is 1040. The van der Waals surface area contributed by atoms with E-state index in [2.05, 4.69) is 26.1 Å². The van der Waals surface area contributed by atoms with E-state index in [0.29, 0.717) is 23.4 Å². The van der Waals surface area contributed by atoms with Crippen LogP contribution in [0.4, 0.5) is 0 Å². The van der Waals surface area contributed by atoms with E-state index in [-0.39, 0.29) is 0 Å². The molecular formula is C19H21N3O2S2. The van der Waals surface area contributed by atoms with E-state index < -0.39 is 10.0 Å². The lowest BCUT2D eigenvalue weighted by Crippen LogP contribution is -2.37. The molecule has 1 N–H and O–H groups in total. The van der Waals surface area contributed by atoms with E-state index in [0.717, 1.165) is 30.6 Å². The second-order valence-corrected chi connectivity index (χ2v) is 9.31. The van der Waals surface area contributed by atoms with Crippen molar-refractivity contribution in [1.82, 2.24) is 14.6 Å². The lowest BCUT2D eigenvalue weighted by atomic mass is 10.1. The summed E-state index contributed by atoms with van der Waals surface area (Å²) in [6.07, 6.45) is 2.74. The SMILES string of the molecule is Cc1ccc(S(=O)(=O)NCCN2CCc3sccc3C2)c2cccnc12. The molecule has 0 atom stereocenters. The molecule has 7 heteroatoms. The number of pyridine rings is 1. The summed E-state index contributed by atoms with van der Waals surface area (Å²) >= 11 is 1.81. The fraction of sp³-hybridized carbons (Fsp3) is 0.316. The number of sulfonamides is 1. The maximum absolute atomic E-state index is 12.8. The summed E-state index contributed by atoms with van der Waals surface area (Å²) in [5.41, 5.74) is 3.08. The molecule has 0 spiro atoms. The Balaban J connectivity index is 1.46. The van der Waals surface area contributed by atoms with Gasteiger partial charge in [-0.2, -0.15) is 0 Å². The number of fused-ring (bicyclic) bond motifs is 2. The molecule has 1 aromatic carbocycles. The smallest absolute Gasteiger partial charge is 0.241 e. The molecule has 0 amide bonds. The molecule has 1 aliphatic heterocycles. The van der Waals surface area contributed by atoms with Gasteiger partial charge in [-0.1, -0.05) is 6.07 Å². The van der Waals surface area contributed by atoms with Crippen LogP contribution < -0.4 is 4.72 Å². The average Bonchev–Trinajstić information content (AvgIpc) is 3.10. The van der Waals surface area contributed by atoms with E-state index >= 15 is 0 Å². The summed E-state index contributed by atoms with van der Waals surface area (Å²) in [5, 5.41) is 2.80. The normalized spacial score (nSPS) is 15.3. The van der Waals surface area contributed by atoms with Crippen LogP contribution in [0.5, 0.6) is 0 Å². The Labute approximate surface area is 157 Å². The van der Waals surface area contributed by atoms with Crippen LogP contribution in [-0.2, 0) is 23.0 Å². The zero-order valence-corrected chi connectivity index (χ0v) is 16.2. The Morgan fingerprint density at radius 2 is 2.15 bits per heavy atom. The highest BCUT2D eigenvalue weighted by molar-refractivity contribution is 7.89. The number of thiophene rings is 1. The molecule has 3 heterocycles. The van der Waals surface area contributed by atoms with Gasteiger partial charge < -0.3 is 0 Å². The number of aromatic nitrogens is 1. The molecule has 0 radical (unpaired) electrons.